The smallest absolute Gasteiger partial charge is 0.246 e. The van der Waals surface area contributed by atoms with E-state index in [0.29, 0.717) is 6.42 Å². The van der Waals surface area contributed by atoms with E-state index in [4.69, 9.17) is 11.5 Å². The Labute approximate surface area is 124 Å². The highest BCUT2D eigenvalue weighted by Gasteiger charge is 2.36. The normalized spacial score (nSPS) is 20.2. The number of carbonyl (C=O) groups is 1. The monoisotopic (exact) mass is 365 g/mol. The van der Waals surface area contributed by atoms with Crippen molar-refractivity contribution in [3.8, 4) is 0 Å². The summed E-state index contributed by atoms with van der Waals surface area (Å²) in [5, 5.41) is 0. The van der Waals surface area contributed by atoms with Gasteiger partial charge in [-0.1, -0.05) is 0 Å². The number of nitrogen functional groups attached to an aromatic ring is 1. The maximum absolute atomic E-state index is 13.9. The maximum Gasteiger partial charge on any atom is 0.246 e. The summed E-state index contributed by atoms with van der Waals surface area (Å²) in [7, 11) is -4.03. The van der Waals surface area contributed by atoms with E-state index in [1.165, 1.54) is 0 Å². The minimum Gasteiger partial charge on any atom is -0.398 e. The first kappa shape index (κ1) is 15.2. The topological polar surface area (TPSA) is 106 Å². The second kappa shape index (κ2) is 5.30. The fraction of sp³-hybridized carbons (Fsp3) is 0.364. The fourth-order valence-corrected chi connectivity index (χ4v) is 3.96. The van der Waals surface area contributed by atoms with Crippen molar-refractivity contribution in [3.05, 3.63) is 22.4 Å². The molecule has 0 saturated carbocycles. The molecule has 2 rings (SSSR count). The number of carbonyl (C=O) groups excluding carboxylic acids is 1. The van der Waals surface area contributed by atoms with Gasteiger partial charge in [0.25, 0.3) is 0 Å². The minimum atomic E-state index is -4.03. The van der Waals surface area contributed by atoms with E-state index < -0.39 is 32.6 Å². The van der Waals surface area contributed by atoms with E-state index >= 15 is 0 Å². The Balaban J connectivity index is 2.37. The first-order valence-corrected chi connectivity index (χ1v) is 8.00. The number of hydrogen-bond acceptors (Lipinski definition) is 4. The van der Waals surface area contributed by atoms with Crippen LogP contribution in [-0.4, -0.2) is 31.7 Å². The molecule has 0 radical (unpaired) electrons. The van der Waals surface area contributed by atoms with Crippen LogP contribution in [0.3, 0.4) is 0 Å². The van der Waals surface area contributed by atoms with Crippen LogP contribution in [0.4, 0.5) is 10.1 Å². The Morgan fingerprint density at radius 3 is 2.65 bits per heavy atom. The molecule has 1 aliphatic heterocycles. The Bertz CT molecular complexity index is 665. The number of primary amides is 1. The number of nitrogens with two attached hydrogens (primary N) is 2. The predicted octanol–water partition coefficient (Wildman–Crippen LogP) is 0.666. The lowest BCUT2D eigenvalue weighted by Gasteiger charge is -2.17. The first-order chi connectivity index (χ1) is 9.23. The molecular weight excluding hydrogens is 353 g/mol. The molecule has 0 aliphatic carbocycles. The fourth-order valence-electron chi connectivity index (χ4n) is 2.06. The molecule has 1 heterocycles. The molecule has 20 heavy (non-hydrogen) atoms. The highest BCUT2D eigenvalue weighted by atomic mass is 79.9. The standard InChI is InChI=1S/C11H13BrFN3O3S/c12-7-3-8(13)10(4-9(7)14)20(18,19)16-2-1-6(5-16)11(15)17/h3-4,6H,1-2,5,14H2,(H2,15,17). The van der Waals surface area contributed by atoms with Crippen LogP contribution in [0.2, 0.25) is 0 Å². The Hall–Kier alpha value is -1.19. The van der Waals surface area contributed by atoms with Crippen molar-refractivity contribution in [2.75, 3.05) is 18.8 Å². The predicted molar refractivity (Wildman–Crippen MR) is 74.6 cm³/mol. The Kier molecular flexibility index (Phi) is 4.03. The van der Waals surface area contributed by atoms with Crippen LogP contribution in [0.15, 0.2) is 21.5 Å². The van der Waals surface area contributed by atoms with Gasteiger partial charge in [-0.15, -0.1) is 0 Å². The SMILES string of the molecule is NC(=O)C1CCN(S(=O)(=O)c2cc(N)c(Br)cc2F)C1. The van der Waals surface area contributed by atoms with E-state index in [2.05, 4.69) is 15.9 Å². The van der Waals surface area contributed by atoms with Gasteiger partial charge in [-0.25, -0.2) is 12.8 Å². The minimum absolute atomic E-state index is 0.0346. The number of sulfonamides is 1. The van der Waals surface area contributed by atoms with Gasteiger partial charge in [0.1, 0.15) is 10.7 Å². The van der Waals surface area contributed by atoms with E-state index in [1.807, 2.05) is 0 Å². The quantitative estimate of drug-likeness (QED) is 0.767. The van der Waals surface area contributed by atoms with Gasteiger partial charge in [0.2, 0.25) is 15.9 Å². The second-order valence-electron chi connectivity index (χ2n) is 4.56. The molecule has 9 heteroatoms. The molecule has 0 spiro atoms. The van der Waals surface area contributed by atoms with Crippen molar-refractivity contribution in [2.24, 2.45) is 11.7 Å². The zero-order valence-corrected chi connectivity index (χ0v) is 12.7. The molecule has 1 aromatic rings. The molecule has 1 fully saturated rings. The third-order valence-electron chi connectivity index (χ3n) is 3.22. The lowest BCUT2D eigenvalue weighted by Crippen LogP contribution is -2.32. The van der Waals surface area contributed by atoms with Crippen LogP contribution in [0, 0.1) is 11.7 Å². The number of rotatable bonds is 3. The van der Waals surface area contributed by atoms with Gasteiger partial charge in [-0.05, 0) is 34.5 Å². The summed E-state index contributed by atoms with van der Waals surface area (Å²) < 4.78 is 39.9. The lowest BCUT2D eigenvalue weighted by molar-refractivity contribution is -0.121. The third kappa shape index (κ3) is 2.65. The second-order valence-corrected chi connectivity index (χ2v) is 7.32. The van der Waals surface area contributed by atoms with Crippen LogP contribution in [0.25, 0.3) is 0 Å². The zero-order chi connectivity index (χ0) is 15.1. The van der Waals surface area contributed by atoms with Crippen molar-refractivity contribution in [1.29, 1.82) is 0 Å². The number of benzene rings is 1. The summed E-state index contributed by atoms with van der Waals surface area (Å²) in [6, 6.07) is 2.07. The van der Waals surface area contributed by atoms with Crippen molar-refractivity contribution >= 4 is 37.5 Å². The van der Waals surface area contributed by atoms with Crippen LogP contribution >= 0.6 is 15.9 Å². The van der Waals surface area contributed by atoms with Gasteiger partial charge in [0.15, 0.2) is 0 Å². The van der Waals surface area contributed by atoms with Gasteiger partial charge in [-0.3, -0.25) is 4.79 Å². The summed E-state index contributed by atoms with van der Waals surface area (Å²) in [6.07, 6.45) is 0.336. The molecule has 4 N–H and O–H groups in total. The number of nitrogens with zero attached hydrogens (tertiary/aromatic N) is 1. The zero-order valence-electron chi connectivity index (χ0n) is 10.3. The molecule has 1 amide bonds. The summed E-state index contributed by atoms with van der Waals surface area (Å²) in [6.45, 7) is 0.0957. The molecule has 1 saturated heterocycles. The molecule has 110 valence electrons. The summed E-state index contributed by atoms with van der Waals surface area (Å²) in [4.78, 5) is 10.6. The van der Waals surface area contributed by atoms with E-state index in [-0.39, 0.29) is 23.2 Å². The van der Waals surface area contributed by atoms with Gasteiger partial charge in [0, 0.05) is 23.2 Å². The van der Waals surface area contributed by atoms with Crippen molar-refractivity contribution in [1.82, 2.24) is 4.31 Å². The molecule has 0 bridgehead atoms. The number of halogens is 2. The van der Waals surface area contributed by atoms with E-state index in [0.717, 1.165) is 16.4 Å². The van der Waals surface area contributed by atoms with Crippen LogP contribution < -0.4 is 11.5 Å². The highest BCUT2D eigenvalue weighted by Crippen LogP contribution is 2.30. The molecule has 1 atom stereocenters. The maximum atomic E-state index is 13.9. The van der Waals surface area contributed by atoms with Gasteiger partial charge >= 0.3 is 0 Å². The molecule has 1 aliphatic rings. The first-order valence-electron chi connectivity index (χ1n) is 5.77. The molecular formula is C11H13BrFN3O3S. The van der Waals surface area contributed by atoms with Crippen LogP contribution in [-0.2, 0) is 14.8 Å². The molecule has 6 nitrogen and oxygen atoms in total. The number of hydrogen-bond donors (Lipinski definition) is 2. The highest BCUT2D eigenvalue weighted by molar-refractivity contribution is 9.10. The Morgan fingerprint density at radius 1 is 1.45 bits per heavy atom. The molecule has 1 aromatic carbocycles. The van der Waals surface area contributed by atoms with Crippen molar-refractivity contribution < 1.29 is 17.6 Å². The van der Waals surface area contributed by atoms with E-state index in [9.17, 15) is 17.6 Å². The third-order valence-corrected chi connectivity index (χ3v) is 5.79. The van der Waals surface area contributed by atoms with Gasteiger partial charge < -0.3 is 11.5 Å². The van der Waals surface area contributed by atoms with E-state index in [1.54, 1.807) is 0 Å². The summed E-state index contributed by atoms with van der Waals surface area (Å²) in [5.41, 5.74) is 10.9. The average Bonchev–Trinajstić information content (AvgIpc) is 2.83. The Morgan fingerprint density at radius 2 is 2.10 bits per heavy atom. The summed E-state index contributed by atoms with van der Waals surface area (Å²) >= 11 is 3.02. The van der Waals surface area contributed by atoms with Crippen molar-refractivity contribution in [2.45, 2.75) is 11.3 Å². The number of amides is 1. The van der Waals surface area contributed by atoms with Crippen molar-refractivity contribution in [3.63, 3.8) is 0 Å². The van der Waals surface area contributed by atoms with Gasteiger partial charge in [-0.2, -0.15) is 4.31 Å². The van der Waals surface area contributed by atoms with Crippen LogP contribution in [0.5, 0.6) is 0 Å². The average molecular weight is 366 g/mol. The molecule has 1 unspecified atom stereocenters. The van der Waals surface area contributed by atoms with Crippen LogP contribution in [0.1, 0.15) is 6.42 Å². The molecule has 0 aromatic heterocycles. The van der Waals surface area contributed by atoms with Gasteiger partial charge in [0.05, 0.1) is 5.92 Å². The largest absolute Gasteiger partial charge is 0.398 e. The lowest BCUT2D eigenvalue weighted by atomic mass is 10.1. The number of anilines is 1. The summed E-state index contributed by atoms with van der Waals surface area (Å²) in [5.74, 6) is -1.99.